The van der Waals surface area contributed by atoms with Crippen molar-refractivity contribution in [2.24, 2.45) is 0 Å². The number of rotatable bonds is 4. The third kappa shape index (κ3) is 4.43. The number of nitrogens with zero attached hydrogens (tertiary/aromatic N) is 2. The molecule has 3 aromatic carbocycles. The van der Waals surface area contributed by atoms with Crippen LogP contribution in [0.2, 0.25) is 5.02 Å². The maximum atomic E-state index is 13.7. The van der Waals surface area contributed by atoms with Gasteiger partial charge < -0.3 is 10.4 Å². The summed E-state index contributed by atoms with van der Waals surface area (Å²) < 4.78 is 13.7. The molecule has 164 valence electrons. The van der Waals surface area contributed by atoms with E-state index in [0.717, 1.165) is 22.4 Å². The van der Waals surface area contributed by atoms with E-state index in [4.69, 9.17) is 21.6 Å². The summed E-state index contributed by atoms with van der Waals surface area (Å²) in [7, 11) is 0. The number of aryl methyl sites for hydroxylation is 2. The standard InChI is InChI=1S/C26H19ClFN3O2/c27-18-6-1-15(2-7-18)13-23(33)30-26-24(16-3-9-20(32)10-4-16)31-25-21-11-8-19(28)14-17(21)5-12-22(25)29-26/h1-4,6-11,14,32H,5,12-13H2,(H,29,30,33). The monoisotopic (exact) mass is 459 g/mol. The van der Waals surface area contributed by atoms with Crippen LogP contribution < -0.4 is 5.32 Å². The van der Waals surface area contributed by atoms with Gasteiger partial charge in [0.25, 0.3) is 0 Å². The van der Waals surface area contributed by atoms with Gasteiger partial charge in [-0.2, -0.15) is 0 Å². The Labute approximate surface area is 194 Å². The van der Waals surface area contributed by atoms with Crippen molar-refractivity contribution in [3.8, 4) is 28.3 Å². The Bertz CT molecular complexity index is 1360. The molecule has 1 amide bonds. The molecule has 5 rings (SSSR count). The molecule has 5 nitrogen and oxygen atoms in total. The van der Waals surface area contributed by atoms with Crippen LogP contribution in [0, 0.1) is 5.82 Å². The number of carbonyl (C=O) groups is 1. The molecule has 0 saturated carbocycles. The maximum Gasteiger partial charge on any atom is 0.230 e. The maximum absolute atomic E-state index is 13.7. The minimum atomic E-state index is -0.282. The summed E-state index contributed by atoms with van der Waals surface area (Å²) in [6.07, 6.45) is 1.40. The Hall–Kier alpha value is -3.77. The second-order valence-corrected chi connectivity index (χ2v) is 8.35. The lowest BCUT2D eigenvalue weighted by Crippen LogP contribution is -2.19. The number of phenols is 1. The van der Waals surface area contributed by atoms with Gasteiger partial charge in [0.05, 0.1) is 17.8 Å². The molecule has 0 fully saturated rings. The SMILES string of the molecule is O=C(Cc1ccc(Cl)cc1)Nc1nc2c(nc1-c1ccc(O)cc1)-c1ccc(F)cc1CC2. The van der Waals surface area contributed by atoms with Crippen LogP contribution in [0.3, 0.4) is 0 Å². The van der Waals surface area contributed by atoms with Gasteiger partial charge in [0.1, 0.15) is 17.3 Å². The van der Waals surface area contributed by atoms with Crippen LogP contribution in [-0.4, -0.2) is 21.0 Å². The third-order valence-corrected chi connectivity index (χ3v) is 5.85. The fourth-order valence-corrected chi connectivity index (χ4v) is 4.11. The quantitative estimate of drug-likeness (QED) is 0.417. The molecule has 1 aliphatic carbocycles. The Morgan fingerprint density at radius 2 is 1.73 bits per heavy atom. The Morgan fingerprint density at radius 3 is 2.48 bits per heavy atom. The van der Waals surface area contributed by atoms with E-state index in [1.54, 1.807) is 54.6 Å². The number of aromatic nitrogens is 2. The summed E-state index contributed by atoms with van der Waals surface area (Å²) in [5.74, 6) is -0.0392. The minimum absolute atomic E-state index is 0.124. The van der Waals surface area contributed by atoms with Gasteiger partial charge in [-0.1, -0.05) is 23.7 Å². The van der Waals surface area contributed by atoms with Crippen LogP contribution in [0.5, 0.6) is 5.75 Å². The van der Waals surface area contributed by atoms with Crippen molar-refractivity contribution in [3.05, 3.63) is 94.4 Å². The number of halogens is 2. The van der Waals surface area contributed by atoms with Gasteiger partial charge in [0.2, 0.25) is 5.91 Å². The number of nitrogens with one attached hydrogen (secondary N) is 1. The van der Waals surface area contributed by atoms with Crippen LogP contribution in [0.15, 0.2) is 66.7 Å². The molecule has 0 aliphatic heterocycles. The molecule has 4 aromatic rings. The second-order valence-electron chi connectivity index (χ2n) is 7.92. The molecule has 33 heavy (non-hydrogen) atoms. The van der Waals surface area contributed by atoms with Crippen molar-refractivity contribution in [1.82, 2.24) is 9.97 Å². The van der Waals surface area contributed by atoms with Crippen molar-refractivity contribution >= 4 is 23.3 Å². The normalized spacial score (nSPS) is 12.1. The first-order valence-corrected chi connectivity index (χ1v) is 10.9. The fourth-order valence-electron chi connectivity index (χ4n) is 3.98. The molecule has 2 N–H and O–H groups in total. The van der Waals surface area contributed by atoms with Gasteiger partial charge in [-0.25, -0.2) is 14.4 Å². The lowest BCUT2D eigenvalue weighted by Gasteiger charge is -2.21. The number of hydrogen-bond donors (Lipinski definition) is 2. The zero-order valence-electron chi connectivity index (χ0n) is 17.5. The Kier molecular flexibility index (Phi) is 5.52. The topological polar surface area (TPSA) is 75.1 Å². The van der Waals surface area contributed by atoms with Crippen molar-refractivity contribution in [1.29, 1.82) is 0 Å². The van der Waals surface area contributed by atoms with Gasteiger partial charge in [0.15, 0.2) is 5.82 Å². The molecular formula is C26H19ClFN3O2. The number of hydrogen-bond acceptors (Lipinski definition) is 4. The van der Waals surface area contributed by atoms with E-state index in [1.165, 1.54) is 12.1 Å². The minimum Gasteiger partial charge on any atom is -0.508 e. The summed E-state index contributed by atoms with van der Waals surface area (Å²) in [6, 6.07) is 18.3. The first-order valence-electron chi connectivity index (χ1n) is 10.5. The molecule has 1 aromatic heterocycles. The molecule has 7 heteroatoms. The fraction of sp³-hybridized carbons (Fsp3) is 0.115. The highest BCUT2D eigenvalue weighted by Gasteiger charge is 2.23. The summed E-state index contributed by atoms with van der Waals surface area (Å²) in [5, 5.41) is 13.2. The Morgan fingerprint density at radius 1 is 0.970 bits per heavy atom. The predicted molar refractivity (Wildman–Crippen MR) is 126 cm³/mol. The van der Waals surface area contributed by atoms with Crippen LogP contribution in [0.1, 0.15) is 16.8 Å². The van der Waals surface area contributed by atoms with E-state index in [9.17, 15) is 14.3 Å². The lowest BCUT2D eigenvalue weighted by atomic mass is 9.91. The average molecular weight is 460 g/mol. The molecule has 0 atom stereocenters. The number of benzene rings is 3. The number of fused-ring (bicyclic) bond motifs is 3. The van der Waals surface area contributed by atoms with E-state index in [1.807, 2.05) is 0 Å². The van der Waals surface area contributed by atoms with Crippen LogP contribution in [0.25, 0.3) is 22.5 Å². The highest BCUT2D eigenvalue weighted by molar-refractivity contribution is 6.30. The van der Waals surface area contributed by atoms with E-state index >= 15 is 0 Å². The first kappa shape index (κ1) is 21.1. The van der Waals surface area contributed by atoms with E-state index in [2.05, 4.69) is 5.32 Å². The largest absolute Gasteiger partial charge is 0.508 e. The molecular weight excluding hydrogens is 441 g/mol. The van der Waals surface area contributed by atoms with Gasteiger partial charge in [-0.05, 0) is 78.6 Å². The van der Waals surface area contributed by atoms with Crippen LogP contribution in [0.4, 0.5) is 10.2 Å². The van der Waals surface area contributed by atoms with E-state index in [-0.39, 0.29) is 23.9 Å². The van der Waals surface area contributed by atoms with Crippen LogP contribution in [-0.2, 0) is 24.1 Å². The number of phenolic OH excluding ortho intramolecular Hbond substituents is 1. The van der Waals surface area contributed by atoms with Gasteiger partial charge in [-0.3, -0.25) is 4.79 Å². The number of aromatic hydroxyl groups is 1. The van der Waals surface area contributed by atoms with Gasteiger partial charge in [-0.15, -0.1) is 0 Å². The second kappa shape index (κ2) is 8.64. The van der Waals surface area contributed by atoms with E-state index in [0.29, 0.717) is 40.6 Å². The zero-order chi connectivity index (χ0) is 22.9. The van der Waals surface area contributed by atoms with E-state index < -0.39 is 0 Å². The molecule has 0 spiro atoms. The predicted octanol–water partition coefficient (Wildman–Crippen LogP) is 5.59. The zero-order valence-corrected chi connectivity index (χ0v) is 18.2. The van der Waals surface area contributed by atoms with Crippen molar-refractivity contribution in [2.75, 3.05) is 5.32 Å². The number of amides is 1. The average Bonchev–Trinajstić information content (AvgIpc) is 2.80. The van der Waals surface area contributed by atoms with Crippen molar-refractivity contribution in [2.45, 2.75) is 19.3 Å². The highest BCUT2D eigenvalue weighted by Crippen LogP contribution is 2.36. The van der Waals surface area contributed by atoms with Crippen LogP contribution >= 0.6 is 11.6 Å². The molecule has 0 unspecified atom stereocenters. The van der Waals surface area contributed by atoms with Gasteiger partial charge >= 0.3 is 0 Å². The molecule has 0 bridgehead atoms. The number of carbonyl (C=O) groups excluding carboxylic acids is 1. The Balaban J connectivity index is 1.55. The molecule has 1 aliphatic rings. The summed E-state index contributed by atoms with van der Waals surface area (Å²) in [5.41, 5.74) is 5.14. The van der Waals surface area contributed by atoms with Crippen molar-refractivity contribution in [3.63, 3.8) is 0 Å². The van der Waals surface area contributed by atoms with Crippen molar-refractivity contribution < 1.29 is 14.3 Å². The third-order valence-electron chi connectivity index (χ3n) is 5.60. The first-order chi connectivity index (χ1) is 16.0. The smallest absolute Gasteiger partial charge is 0.230 e. The number of anilines is 1. The highest BCUT2D eigenvalue weighted by atomic mass is 35.5. The summed E-state index contributed by atoms with van der Waals surface area (Å²) in [4.78, 5) is 22.4. The molecule has 0 radical (unpaired) electrons. The summed E-state index contributed by atoms with van der Waals surface area (Å²) in [6.45, 7) is 0. The lowest BCUT2D eigenvalue weighted by molar-refractivity contribution is -0.115. The van der Waals surface area contributed by atoms with Gasteiger partial charge in [0, 0.05) is 16.1 Å². The summed E-state index contributed by atoms with van der Waals surface area (Å²) >= 11 is 5.93. The molecule has 1 heterocycles. The molecule has 0 saturated heterocycles.